The highest BCUT2D eigenvalue weighted by molar-refractivity contribution is 7.90. The number of carbonyl (C=O) groups is 1. The Morgan fingerprint density at radius 1 is 1.06 bits per heavy atom. The van der Waals surface area contributed by atoms with E-state index in [1.807, 2.05) is 61.5 Å². The van der Waals surface area contributed by atoms with Crippen LogP contribution in [-0.2, 0) is 14.8 Å². The second kappa shape index (κ2) is 11.1. The van der Waals surface area contributed by atoms with E-state index in [2.05, 4.69) is 9.71 Å². The smallest absolute Gasteiger partial charge is 0.283 e. The van der Waals surface area contributed by atoms with E-state index in [1.54, 1.807) is 11.9 Å². The Labute approximate surface area is 216 Å². The lowest BCUT2D eigenvalue weighted by Gasteiger charge is -2.16. The lowest BCUT2D eigenvalue weighted by atomic mass is 9.90. The van der Waals surface area contributed by atoms with Gasteiger partial charge in [-0.15, -0.1) is 4.40 Å². The van der Waals surface area contributed by atoms with Crippen LogP contribution in [0.25, 0.3) is 0 Å². The van der Waals surface area contributed by atoms with Crippen LogP contribution in [0.5, 0.6) is 0 Å². The van der Waals surface area contributed by atoms with Crippen LogP contribution in [0.3, 0.4) is 0 Å². The van der Waals surface area contributed by atoms with Crippen molar-refractivity contribution in [3.63, 3.8) is 0 Å². The number of anilines is 1. The zero-order chi connectivity index (χ0) is 25.7. The Hall–Kier alpha value is -3.49. The van der Waals surface area contributed by atoms with E-state index in [9.17, 15) is 13.2 Å². The van der Waals surface area contributed by atoms with Gasteiger partial charge in [-0.3, -0.25) is 4.79 Å². The fourth-order valence-corrected chi connectivity index (χ4v) is 5.12. The highest BCUT2D eigenvalue weighted by Crippen LogP contribution is 2.30. The molecule has 7 nitrogen and oxygen atoms in total. The third-order valence-corrected chi connectivity index (χ3v) is 7.42. The van der Waals surface area contributed by atoms with Crippen LogP contribution >= 0.6 is 11.6 Å². The van der Waals surface area contributed by atoms with Crippen molar-refractivity contribution in [2.45, 2.75) is 37.5 Å². The van der Waals surface area contributed by atoms with Gasteiger partial charge in [0.05, 0.1) is 17.2 Å². The molecule has 0 aliphatic carbocycles. The Balaban J connectivity index is 1.64. The molecule has 1 atom stereocenters. The molecule has 1 aliphatic rings. The van der Waals surface area contributed by atoms with Crippen molar-refractivity contribution in [2.75, 3.05) is 11.9 Å². The third kappa shape index (κ3) is 6.01. The van der Waals surface area contributed by atoms with Crippen LogP contribution in [0.2, 0.25) is 5.02 Å². The predicted octanol–water partition coefficient (Wildman–Crippen LogP) is 5.69. The number of hydrogen-bond acceptors (Lipinski definition) is 4. The van der Waals surface area contributed by atoms with E-state index < -0.39 is 10.0 Å². The van der Waals surface area contributed by atoms with E-state index in [0.717, 1.165) is 28.9 Å². The number of benzene rings is 3. The van der Waals surface area contributed by atoms with Gasteiger partial charge < -0.3 is 5.32 Å². The summed E-state index contributed by atoms with van der Waals surface area (Å²) in [5.41, 5.74) is 3.46. The standard InChI is InChI=1S/C27H27ClN4O3S/c1-3-7-26(33)29-23-14-10-21(11-15-23)27-25(20-8-5-4-6-9-20)18-32(30-27)19(2)31-36(34,35)24-16-12-22(28)13-17-24/h4-6,8-17,25H,3,7,18H2,1-2H3,(H,29,33)/b31-19+. The molecule has 4 rings (SSSR count). The topological polar surface area (TPSA) is 91.2 Å². The van der Waals surface area contributed by atoms with E-state index in [1.165, 1.54) is 24.3 Å². The quantitative estimate of drug-likeness (QED) is 0.319. The molecule has 0 aromatic heterocycles. The number of hydrogen-bond donors (Lipinski definition) is 1. The minimum atomic E-state index is -3.92. The van der Waals surface area contributed by atoms with E-state index in [0.29, 0.717) is 18.0 Å². The number of carbonyl (C=O) groups excluding carboxylic acids is 1. The van der Waals surface area contributed by atoms with Crippen LogP contribution < -0.4 is 5.32 Å². The number of halogens is 1. The van der Waals surface area contributed by atoms with Crippen LogP contribution in [0, 0.1) is 0 Å². The van der Waals surface area contributed by atoms with Gasteiger partial charge in [0.1, 0.15) is 5.84 Å². The molecule has 1 aliphatic heterocycles. The van der Waals surface area contributed by atoms with Crippen molar-refractivity contribution in [3.05, 3.63) is 95.0 Å². The normalized spacial score (nSPS) is 16.1. The maximum Gasteiger partial charge on any atom is 0.283 e. The number of nitrogens with one attached hydrogen (secondary N) is 1. The van der Waals surface area contributed by atoms with E-state index in [-0.39, 0.29) is 22.6 Å². The van der Waals surface area contributed by atoms with Crippen molar-refractivity contribution in [2.24, 2.45) is 9.50 Å². The van der Waals surface area contributed by atoms with Crippen molar-refractivity contribution in [1.29, 1.82) is 0 Å². The predicted molar refractivity (Wildman–Crippen MR) is 144 cm³/mol. The number of hydrazone groups is 1. The highest BCUT2D eigenvalue weighted by Gasteiger charge is 2.31. The molecule has 36 heavy (non-hydrogen) atoms. The first-order valence-corrected chi connectivity index (χ1v) is 13.5. The molecule has 1 heterocycles. The molecule has 9 heteroatoms. The summed E-state index contributed by atoms with van der Waals surface area (Å²) in [5, 5.41) is 9.74. The SMILES string of the molecule is CCCC(=O)Nc1ccc(C2=NN(/C(C)=N/S(=O)(=O)c3ccc(Cl)cc3)CC2c2ccccc2)cc1. The molecule has 3 aromatic rings. The molecule has 0 bridgehead atoms. The first kappa shape index (κ1) is 25.6. The zero-order valence-electron chi connectivity index (χ0n) is 20.1. The van der Waals surface area contributed by atoms with Crippen molar-refractivity contribution < 1.29 is 13.2 Å². The van der Waals surface area contributed by atoms with Gasteiger partial charge in [-0.05, 0) is 60.9 Å². The molecule has 0 fully saturated rings. The minimum Gasteiger partial charge on any atom is -0.326 e. The molecule has 0 saturated heterocycles. The third-order valence-electron chi connectivity index (χ3n) is 5.79. The summed E-state index contributed by atoms with van der Waals surface area (Å²) in [4.78, 5) is 12.0. The average Bonchev–Trinajstić information content (AvgIpc) is 3.31. The van der Waals surface area contributed by atoms with Crippen LogP contribution in [0.15, 0.2) is 93.3 Å². The molecular formula is C27H27ClN4O3S. The summed E-state index contributed by atoms with van der Waals surface area (Å²) in [6.07, 6.45) is 1.25. The highest BCUT2D eigenvalue weighted by atomic mass is 35.5. The number of rotatable bonds is 7. The summed E-state index contributed by atoms with van der Waals surface area (Å²) in [6.45, 7) is 4.04. The van der Waals surface area contributed by atoms with Crippen molar-refractivity contribution in [3.8, 4) is 0 Å². The van der Waals surface area contributed by atoms with Crippen LogP contribution in [0.4, 0.5) is 5.69 Å². The van der Waals surface area contributed by atoms with Gasteiger partial charge in [0.15, 0.2) is 0 Å². The molecule has 1 unspecified atom stereocenters. The molecule has 3 aromatic carbocycles. The average molecular weight is 523 g/mol. The molecule has 1 N–H and O–H groups in total. The summed E-state index contributed by atoms with van der Waals surface area (Å²) in [7, 11) is -3.92. The van der Waals surface area contributed by atoms with Gasteiger partial charge in [0, 0.05) is 23.0 Å². The molecule has 0 spiro atoms. The van der Waals surface area contributed by atoms with Crippen LogP contribution in [-0.4, -0.2) is 37.4 Å². The van der Waals surface area contributed by atoms with Crippen molar-refractivity contribution in [1.82, 2.24) is 5.01 Å². The summed E-state index contributed by atoms with van der Waals surface area (Å²) >= 11 is 5.89. The Morgan fingerprint density at radius 3 is 2.36 bits per heavy atom. The number of sulfonamides is 1. The molecule has 1 amide bonds. The molecule has 186 valence electrons. The second-order valence-electron chi connectivity index (χ2n) is 8.47. The summed E-state index contributed by atoms with van der Waals surface area (Å²) < 4.78 is 29.7. The molecular weight excluding hydrogens is 496 g/mol. The molecule has 0 saturated carbocycles. The van der Waals surface area contributed by atoms with Crippen LogP contribution in [0.1, 0.15) is 43.7 Å². The number of nitrogens with zero attached hydrogens (tertiary/aromatic N) is 3. The first-order chi connectivity index (χ1) is 17.3. The Bertz CT molecular complexity index is 1390. The lowest BCUT2D eigenvalue weighted by molar-refractivity contribution is -0.116. The second-order valence-corrected chi connectivity index (χ2v) is 10.5. The van der Waals surface area contributed by atoms with Gasteiger partial charge in [0.2, 0.25) is 5.91 Å². The van der Waals surface area contributed by atoms with Gasteiger partial charge in [-0.1, -0.05) is 61.0 Å². The van der Waals surface area contributed by atoms with Gasteiger partial charge in [-0.2, -0.15) is 13.5 Å². The van der Waals surface area contributed by atoms with Gasteiger partial charge in [-0.25, -0.2) is 5.01 Å². The molecule has 0 radical (unpaired) electrons. The fourth-order valence-electron chi connectivity index (χ4n) is 3.97. The van der Waals surface area contributed by atoms with E-state index in [4.69, 9.17) is 16.7 Å². The maximum absolute atomic E-state index is 12.8. The summed E-state index contributed by atoms with van der Waals surface area (Å²) in [6, 6.07) is 23.4. The van der Waals surface area contributed by atoms with E-state index >= 15 is 0 Å². The zero-order valence-corrected chi connectivity index (χ0v) is 21.6. The Morgan fingerprint density at radius 2 is 1.72 bits per heavy atom. The number of amides is 1. The van der Waals surface area contributed by atoms with Crippen molar-refractivity contribution >= 4 is 44.8 Å². The minimum absolute atomic E-state index is 0.0227. The van der Waals surface area contributed by atoms with Gasteiger partial charge >= 0.3 is 0 Å². The maximum atomic E-state index is 12.8. The van der Waals surface area contributed by atoms with Gasteiger partial charge in [0.25, 0.3) is 10.0 Å². The first-order valence-electron chi connectivity index (χ1n) is 11.6. The Kier molecular flexibility index (Phi) is 7.86. The largest absolute Gasteiger partial charge is 0.326 e. The lowest BCUT2D eigenvalue weighted by Crippen LogP contribution is -2.24. The number of amidine groups is 1. The fraction of sp³-hybridized carbons (Fsp3) is 0.222. The summed E-state index contributed by atoms with van der Waals surface area (Å²) in [5.74, 6) is 0.157. The monoisotopic (exact) mass is 522 g/mol.